The lowest BCUT2D eigenvalue weighted by molar-refractivity contribution is 0.103. The van der Waals surface area contributed by atoms with Crippen molar-refractivity contribution in [3.8, 4) is 0 Å². The lowest BCUT2D eigenvalue weighted by Gasteiger charge is -2.14. The van der Waals surface area contributed by atoms with E-state index >= 15 is 0 Å². The van der Waals surface area contributed by atoms with E-state index < -0.39 is 0 Å². The Balaban J connectivity index is 1.34. The molecule has 3 aliphatic rings. The van der Waals surface area contributed by atoms with Gasteiger partial charge in [0, 0.05) is 44.6 Å². The molecule has 4 nitrogen and oxygen atoms in total. The van der Waals surface area contributed by atoms with Crippen molar-refractivity contribution in [1.82, 2.24) is 4.57 Å². The molecule has 2 aromatic carbocycles. The molecule has 0 radical (unpaired) electrons. The topological polar surface area (TPSA) is 43.6 Å². The molecule has 4 heteroatoms. The zero-order valence-electron chi connectivity index (χ0n) is 23.8. The number of benzene rings is 2. The van der Waals surface area contributed by atoms with Gasteiger partial charge in [-0.25, -0.2) is 0 Å². The van der Waals surface area contributed by atoms with Gasteiger partial charge in [0.2, 0.25) is 0 Å². The second-order valence-electron chi connectivity index (χ2n) is 12.1. The molecule has 3 aromatic rings. The van der Waals surface area contributed by atoms with Gasteiger partial charge in [-0.2, -0.15) is 0 Å². The van der Waals surface area contributed by atoms with Gasteiger partial charge >= 0.3 is 0 Å². The van der Waals surface area contributed by atoms with E-state index in [-0.39, 0.29) is 11.2 Å². The van der Waals surface area contributed by atoms with Crippen molar-refractivity contribution >= 4 is 34.5 Å². The van der Waals surface area contributed by atoms with Crippen molar-refractivity contribution in [2.75, 3.05) is 0 Å². The Kier molecular flexibility index (Phi) is 6.61. The number of hydrogen-bond donors (Lipinski definition) is 0. The predicted molar refractivity (Wildman–Crippen MR) is 160 cm³/mol. The third kappa shape index (κ3) is 4.58. The van der Waals surface area contributed by atoms with E-state index in [9.17, 15) is 4.79 Å². The highest BCUT2D eigenvalue weighted by molar-refractivity contribution is 6.11. The Morgan fingerprint density at radius 1 is 1.15 bits per heavy atom. The monoisotopic (exact) mass is 520 g/mol. The second kappa shape index (κ2) is 9.97. The van der Waals surface area contributed by atoms with Crippen LogP contribution < -0.4 is 10.6 Å². The first-order chi connectivity index (χ1) is 18.8. The smallest absolute Gasteiger partial charge is 0.193 e. The van der Waals surface area contributed by atoms with Gasteiger partial charge in [0.15, 0.2) is 5.78 Å². The summed E-state index contributed by atoms with van der Waals surface area (Å²) in [5.74, 6) is 1.99. The number of ketones is 1. The molecule has 6 rings (SSSR count). The minimum atomic E-state index is -0.111. The summed E-state index contributed by atoms with van der Waals surface area (Å²) in [4.78, 5) is 19.2. The fourth-order valence-corrected chi connectivity index (χ4v) is 7.05. The molecular formula is C35H40N2O2. The lowest BCUT2D eigenvalue weighted by Crippen LogP contribution is -2.34. The molecule has 2 fully saturated rings. The average Bonchev–Trinajstić information content (AvgIpc) is 3.26. The van der Waals surface area contributed by atoms with Crippen LogP contribution in [0.5, 0.6) is 0 Å². The Bertz CT molecular complexity index is 1630. The predicted octanol–water partition coefficient (Wildman–Crippen LogP) is 6.83. The maximum atomic E-state index is 13.8. The number of aryl methyl sites for hydroxylation is 3. The van der Waals surface area contributed by atoms with Gasteiger partial charge < -0.3 is 9.40 Å². The fraction of sp³-hybridized carbons (Fsp3) is 0.429. The molecule has 2 unspecified atom stereocenters. The molecule has 3 aliphatic carbocycles. The van der Waals surface area contributed by atoms with Crippen LogP contribution in [-0.4, -0.2) is 16.1 Å². The minimum absolute atomic E-state index is 0.0983. The third-order valence-electron chi connectivity index (χ3n) is 9.41. The molecule has 2 saturated carbocycles. The molecule has 0 N–H and O–H groups in total. The van der Waals surface area contributed by atoms with Crippen LogP contribution in [0.1, 0.15) is 86.3 Å². The van der Waals surface area contributed by atoms with Crippen molar-refractivity contribution in [2.24, 2.45) is 22.4 Å². The Labute approximate surface area is 231 Å². The van der Waals surface area contributed by atoms with Crippen LogP contribution in [0.3, 0.4) is 0 Å². The summed E-state index contributed by atoms with van der Waals surface area (Å²) in [5, 5.41) is 7.98. The zero-order valence-corrected chi connectivity index (χ0v) is 23.8. The van der Waals surface area contributed by atoms with Gasteiger partial charge in [0.05, 0.1) is 5.71 Å². The normalized spacial score (nSPS) is 22.2. The molecule has 0 saturated heterocycles. The van der Waals surface area contributed by atoms with Crippen molar-refractivity contribution in [1.29, 1.82) is 0 Å². The number of carbonyl (C=O) groups excluding carboxylic acids is 1. The van der Waals surface area contributed by atoms with Crippen LogP contribution in [0.25, 0.3) is 23.1 Å². The standard InChI is InChI=1S/C35H40N2O2/c1-6-37-32-16-14-27(34(38)29-15-13-26(17-23(29)4)12-11-25-9-7-8-10-25)18-30(32)31-21-35(20-28(35)19-33(31)37)24(5)36-39-22(2)3/h13-19,21,25,28H,2,6-12,20H2,1,3-5H3/b36-24+. The fourth-order valence-electron chi connectivity index (χ4n) is 7.05. The Morgan fingerprint density at radius 2 is 1.95 bits per heavy atom. The van der Waals surface area contributed by atoms with Gasteiger partial charge in [0.25, 0.3) is 0 Å². The zero-order chi connectivity index (χ0) is 27.3. The number of hydrogen-bond acceptors (Lipinski definition) is 3. The van der Waals surface area contributed by atoms with E-state index in [4.69, 9.17) is 4.84 Å². The van der Waals surface area contributed by atoms with Crippen LogP contribution >= 0.6 is 0 Å². The van der Waals surface area contributed by atoms with Crippen molar-refractivity contribution < 1.29 is 9.63 Å². The van der Waals surface area contributed by atoms with E-state index in [1.807, 2.05) is 26.0 Å². The summed E-state index contributed by atoms with van der Waals surface area (Å²) in [6.45, 7) is 12.8. The summed E-state index contributed by atoms with van der Waals surface area (Å²) >= 11 is 0. The van der Waals surface area contributed by atoms with E-state index in [1.54, 1.807) is 0 Å². The minimum Gasteiger partial charge on any atom is -0.362 e. The number of fused-ring (bicyclic) bond motifs is 4. The van der Waals surface area contributed by atoms with Gasteiger partial charge in [0.1, 0.15) is 5.76 Å². The van der Waals surface area contributed by atoms with E-state index in [0.717, 1.165) is 53.1 Å². The van der Waals surface area contributed by atoms with Crippen LogP contribution in [-0.2, 0) is 17.8 Å². The Morgan fingerprint density at radius 3 is 2.67 bits per heavy atom. The first-order valence-electron chi connectivity index (χ1n) is 14.7. The molecule has 0 aliphatic heterocycles. The molecule has 2 atom stereocenters. The average molecular weight is 521 g/mol. The molecule has 0 bridgehead atoms. The first kappa shape index (κ1) is 25.9. The summed E-state index contributed by atoms with van der Waals surface area (Å²) in [6, 6.07) is 12.7. The molecule has 202 valence electrons. The maximum Gasteiger partial charge on any atom is 0.193 e. The number of nitrogens with zero attached hydrogens (tertiary/aromatic N) is 2. The lowest BCUT2D eigenvalue weighted by atomic mass is 9.92. The molecule has 0 spiro atoms. The highest BCUT2D eigenvalue weighted by atomic mass is 16.6. The highest BCUT2D eigenvalue weighted by Crippen LogP contribution is 2.57. The third-order valence-corrected chi connectivity index (χ3v) is 9.41. The number of carbonyl (C=O) groups is 1. The summed E-state index contributed by atoms with van der Waals surface area (Å²) in [7, 11) is 0. The summed E-state index contributed by atoms with van der Waals surface area (Å²) in [5.41, 5.74) is 6.01. The summed E-state index contributed by atoms with van der Waals surface area (Å²) in [6.07, 6.45) is 13.7. The SMILES string of the molecule is C=C(C)O/N=C(\C)C12C=c3c(n(CC)c4ccc(C(=O)c5ccc(CCC6CCCC6)cc5C)cc34)=CC1C2. The van der Waals surface area contributed by atoms with Crippen molar-refractivity contribution in [3.05, 3.63) is 81.6 Å². The number of aromatic nitrogens is 1. The molecule has 39 heavy (non-hydrogen) atoms. The molecule has 1 aromatic heterocycles. The first-order valence-corrected chi connectivity index (χ1v) is 14.7. The Hall–Kier alpha value is -3.40. The van der Waals surface area contributed by atoms with Crippen molar-refractivity contribution in [2.45, 2.75) is 79.2 Å². The van der Waals surface area contributed by atoms with Gasteiger partial charge in [-0.05, 0) is 88.1 Å². The highest BCUT2D eigenvalue weighted by Gasteiger charge is 2.55. The number of allylic oxidation sites excluding steroid dienone is 1. The molecular weight excluding hydrogens is 480 g/mol. The van der Waals surface area contributed by atoms with Crippen LogP contribution in [0.4, 0.5) is 0 Å². The number of rotatable bonds is 9. The van der Waals surface area contributed by atoms with E-state index in [1.165, 1.54) is 53.8 Å². The van der Waals surface area contributed by atoms with Gasteiger partial charge in [-0.1, -0.05) is 67.8 Å². The molecule has 1 heterocycles. The quantitative estimate of drug-likeness (QED) is 0.134. The van der Waals surface area contributed by atoms with Gasteiger partial charge in [-0.15, -0.1) is 0 Å². The van der Waals surface area contributed by atoms with Crippen molar-refractivity contribution in [3.63, 3.8) is 0 Å². The van der Waals surface area contributed by atoms with Crippen LogP contribution in [0.15, 0.2) is 53.9 Å². The van der Waals surface area contributed by atoms with E-state index in [2.05, 4.69) is 66.6 Å². The van der Waals surface area contributed by atoms with Crippen LogP contribution in [0, 0.1) is 24.2 Å². The van der Waals surface area contributed by atoms with E-state index in [0.29, 0.717) is 11.7 Å². The summed E-state index contributed by atoms with van der Waals surface area (Å²) < 4.78 is 2.37. The largest absolute Gasteiger partial charge is 0.362 e. The maximum absolute atomic E-state index is 13.8. The molecule has 0 amide bonds. The van der Waals surface area contributed by atoms with Crippen LogP contribution in [0.2, 0.25) is 0 Å². The van der Waals surface area contributed by atoms with Gasteiger partial charge in [-0.3, -0.25) is 4.79 Å². The number of oxime groups is 1. The second-order valence-corrected chi connectivity index (χ2v) is 12.1.